The highest BCUT2D eigenvalue weighted by Gasteiger charge is 2.42. The van der Waals surface area contributed by atoms with Crippen LogP contribution in [-0.2, 0) is 27.3 Å². The van der Waals surface area contributed by atoms with Crippen LogP contribution in [0.1, 0.15) is 56.1 Å². The number of likely N-dealkylation sites (tertiary alicyclic amines) is 1. The largest absolute Gasteiger partial charge is 0.462 e. The Labute approximate surface area is 235 Å². The van der Waals surface area contributed by atoms with Gasteiger partial charge in [0.2, 0.25) is 5.91 Å². The van der Waals surface area contributed by atoms with E-state index in [4.69, 9.17) is 16.3 Å². The molecule has 2 aromatic rings. The van der Waals surface area contributed by atoms with Crippen molar-refractivity contribution >= 4 is 23.5 Å². The average molecular weight is 558 g/mol. The first-order valence-corrected chi connectivity index (χ1v) is 14.4. The van der Waals surface area contributed by atoms with Gasteiger partial charge in [-0.2, -0.15) is 0 Å². The van der Waals surface area contributed by atoms with E-state index < -0.39 is 17.6 Å². The van der Waals surface area contributed by atoms with Crippen molar-refractivity contribution in [1.82, 2.24) is 14.8 Å². The molecule has 0 unspecified atom stereocenters. The van der Waals surface area contributed by atoms with Gasteiger partial charge in [0.1, 0.15) is 12.7 Å². The van der Waals surface area contributed by atoms with Crippen LogP contribution < -0.4 is 0 Å². The monoisotopic (exact) mass is 557 g/mol. The molecule has 0 saturated carbocycles. The van der Waals surface area contributed by atoms with Gasteiger partial charge in [0.25, 0.3) is 0 Å². The van der Waals surface area contributed by atoms with Crippen LogP contribution in [0, 0.1) is 5.41 Å². The molecule has 1 amide bonds. The number of aromatic nitrogens is 1. The molecule has 0 bridgehead atoms. The van der Waals surface area contributed by atoms with Gasteiger partial charge in [0, 0.05) is 43.5 Å². The van der Waals surface area contributed by atoms with E-state index in [2.05, 4.69) is 9.88 Å². The van der Waals surface area contributed by atoms with Crippen LogP contribution >= 0.6 is 11.6 Å². The number of aliphatic hydroxyl groups excluding tert-OH is 2. The second-order valence-corrected chi connectivity index (χ2v) is 11.3. The van der Waals surface area contributed by atoms with Crippen LogP contribution in [0.5, 0.6) is 0 Å². The lowest BCUT2D eigenvalue weighted by atomic mass is 9.74. The van der Waals surface area contributed by atoms with E-state index in [9.17, 15) is 19.8 Å². The molecule has 8 nitrogen and oxygen atoms in total. The molecule has 2 fully saturated rings. The van der Waals surface area contributed by atoms with Crippen molar-refractivity contribution in [2.45, 2.75) is 70.1 Å². The van der Waals surface area contributed by atoms with Gasteiger partial charge in [0.05, 0.1) is 11.5 Å². The highest BCUT2D eigenvalue weighted by atomic mass is 35.5. The highest BCUT2D eigenvalue weighted by Crippen LogP contribution is 2.38. The van der Waals surface area contributed by atoms with Gasteiger partial charge < -0.3 is 19.8 Å². The molecule has 212 valence electrons. The van der Waals surface area contributed by atoms with E-state index in [1.54, 1.807) is 17.3 Å². The van der Waals surface area contributed by atoms with Gasteiger partial charge in [-0.1, -0.05) is 30.2 Å². The maximum Gasteiger partial charge on any atom is 0.312 e. The van der Waals surface area contributed by atoms with Crippen molar-refractivity contribution in [2.24, 2.45) is 5.41 Å². The molecule has 2 N–H and O–H groups in total. The number of pyridine rings is 1. The SMILES string of the molecule is O=C(CCc1ccc(Cl)cc1)N1CCCCC2(CCN(Cc3ccncc3)CC2)C(=O)OC[C@@H](O)[C@@H](O)CC1. The van der Waals surface area contributed by atoms with Crippen LogP contribution in [0.2, 0.25) is 5.02 Å². The normalized spacial score (nSPS) is 23.4. The number of carbonyl (C=O) groups excluding carboxylic acids is 2. The zero-order valence-corrected chi connectivity index (χ0v) is 23.3. The topological polar surface area (TPSA) is 103 Å². The third kappa shape index (κ3) is 8.48. The Morgan fingerprint density at radius 1 is 0.949 bits per heavy atom. The number of amides is 1. The standard InChI is InChI=1S/C30H40ClN3O5/c31-25-6-3-23(4-7-25)5-8-28(37)34-17-2-1-12-30(29(38)39-22-27(36)26(35)11-18-34)13-19-33(20-14-30)21-24-9-15-32-16-10-24/h3-4,6-7,9-10,15-16,26-27,35-36H,1-2,5,8,11-14,17-22H2/t26-,27+/m0/s1. The van der Waals surface area contributed by atoms with Crippen LogP contribution in [0.4, 0.5) is 0 Å². The van der Waals surface area contributed by atoms with Crippen LogP contribution in [-0.4, -0.2) is 81.9 Å². The maximum atomic E-state index is 13.3. The first kappa shape index (κ1) is 29.5. The second kappa shape index (κ2) is 14.2. The van der Waals surface area contributed by atoms with E-state index in [1.165, 1.54) is 5.56 Å². The minimum absolute atomic E-state index is 0.0213. The van der Waals surface area contributed by atoms with E-state index in [-0.39, 0.29) is 24.9 Å². The van der Waals surface area contributed by atoms with Crippen molar-refractivity contribution < 1.29 is 24.5 Å². The molecule has 0 aliphatic carbocycles. The molecule has 2 atom stereocenters. The summed E-state index contributed by atoms with van der Waals surface area (Å²) in [6, 6.07) is 11.5. The molecular formula is C30H40ClN3O5. The second-order valence-electron chi connectivity index (χ2n) is 10.9. The predicted molar refractivity (Wildman–Crippen MR) is 149 cm³/mol. The summed E-state index contributed by atoms with van der Waals surface area (Å²) in [6.45, 7) is 3.02. The fraction of sp³-hybridized carbons (Fsp3) is 0.567. The van der Waals surface area contributed by atoms with E-state index in [0.717, 1.165) is 38.0 Å². The number of benzene rings is 1. The number of piperidine rings is 1. The van der Waals surface area contributed by atoms with E-state index >= 15 is 0 Å². The number of cyclic esters (lactones) is 1. The van der Waals surface area contributed by atoms with Crippen LogP contribution in [0.15, 0.2) is 48.8 Å². The Balaban J connectivity index is 1.37. The number of ether oxygens (including phenoxy) is 1. The summed E-state index contributed by atoms with van der Waals surface area (Å²) in [7, 11) is 0. The minimum Gasteiger partial charge on any atom is -0.462 e. The molecule has 2 aliphatic heterocycles. The number of halogens is 1. The quantitative estimate of drug-likeness (QED) is 0.541. The molecule has 1 spiro atoms. The fourth-order valence-corrected chi connectivity index (χ4v) is 5.66. The summed E-state index contributed by atoms with van der Waals surface area (Å²) in [5.74, 6) is -0.263. The number of carbonyl (C=O) groups is 2. The van der Waals surface area contributed by atoms with Gasteiger partial charge in [0.15, 0.2) is 0 Å². The van der Waals surface area contributed by atoms with Gasteiger partial charge >= 0.3 is 5.97 Å². The van der Waals surface area contributed by atoms with Crippen molar-refractivity contribution in [2.75, 3.05) is 32.8 Å². The Morgan fingerprint density at radius 2 is 1.67 bits per heavy atom. The van der Waals surface area contributed by atoms with Gasteiger partial charge in [-0.25, -0.2) is 0 Å². The van der Waals surface area contributed by atoms with Crippen molar-refractivity contribution in [3.63, 3.8) is 0 Å². The number of hydrogen-bond donors (Lipinski definition) is 2. The number of esters is 1. The van der Waals surface area contributed by atoms with Crippen LogP contribution in [0.3, 0.4) is 0 Å². The molecule has 1 aromatic heterocycles. The number of rotatable bonds is 5. The minimum atomic E-state index is -1.19. The molecular weight excluding hydrogens is 518 g/mol. The summed E-state index contributed by atoms with van der Waals surface area (Å²) < 4.78 is 5.59. The van der Waals surface area contributed by atoms with Gasteiger partial charge in [-0.05, 0) is 87.0 Å². The van der Waals surface area contributed by atoms with Crippen molar-refractivity contribution in [3.05, 3.63) is 64.9 Å². The molecule has 39 heavy (non-hydrogen) atoms. The third-order valence-electron chi connectivity index (χ3n) is 8.15. The Morgan fingerprint density at radius 3 is 2.38 bits per heavy atom. The summed E-state index contributed by atoms with van der Waals surface area (Å²) in [6.07, 6.45) is 6.11. The zero-order chi connectivity index (χ0) is 27.7. The molecule has 9 heteroatoms. The fourth-order valence-electron chi connectivity index (χ4n) is 5.54. The zero-order valence-electron chi connectivity index (χ0n) is 22.5. The number of aryl methyl sites for hydroxylation is 1. The van der Waals surface area contributed by atoms with Crippen molar-refractivity contribution in [1.29, 1.82) is 0 Å². The first-order valence-electron chi connectivity index (χ1n) is 14.0. The van der Waals surface area contributed by atoms with Gasteiger partial charge in [-0.15, -0.1) is 0 Å². The molecule has 2 aliphatic rings. The lowest BCUT2D eigenvalue weighted by molar-refractivity contribution is -0.165. The molecule has 2 saturated heterocycles. The Hall–Kier alpha value is -2.52. The summed E-state index contributed by atoms with van der Waals surface area (Å²) in [4.78, 5) is 34.6. The Kier molecular flexibility index (Phi) is 10.7. The number of nitrogens with zero attached hydrogens (tertiary/aromatic N) is 3. The lowest BCUT2D eigenvalue weighted by Gasteiger charge is -2.40. The molecule has 3 heterocycles. The number of aliphatic hydroxyl groups is 2. The predicted octanol–water partition coefficient (Wildman–Crippen LogP) is 3.62. The van der Waals surface area contributed by atoms with Crippen LogP contribution in [0.25, 0.3) is 0 Å². The highest BCUT2D eigenvalue weighted by molar-refractivity contribution is 6.30. The summed E-state index contributed by atoms with van der Waals surface area (Å²) >= 11 is 5.97. The summed E-state index contributed by atoms with van der Waals surface area (Å²) in [5, 5.41) is 21.7. The summed E-state index contributed by atoms with van der Waals surface area (Å²) in [5.41, 5.74) is 1.62. The molecule has 4 rings (SSSR count). The average Bonchev–Trinajstić information content (AvgIpc) is 2.96. The van der Waals surface area contributed by atoms with Gasteiger partial charge in [-0.3, -0.25) is 19.5 Å². The lowest BCUT2D eigenvalue weighted by Crippen LogP contribution is -2.45. The smallest absolute Gasteiger partial charge is 0.312 e. The number of hydrogen-bond acceptors (Lipinski definition) is 7. The first-order chi connectivity index (χ1) is 18.8. The molecule has 0 radical (unpaired) electrons. The maximum absolute atomic E-state index is 13.3. The van der Waals surface area contributed by atoms with E-state index in [0.29, 0.717) is 50.2 Å². The Bertz CT molecular complexity index is 1060. The van der Waals surface area contributed by atoms with Crippen molar-refractivity contribution in [3.8, 4) is 0 Å². The third-order valence-corrected chi connectivity index (χ3v) is 8.40. The van der Waals surface area contributed by atoms with E-state index in [1.807, 2.05) is 36.4 Å². The molecule has 1 aromatic carbocycles.